The van der Waals surface area contributed by atoms with E-state index in [0.717, 1.165) is 6.42 Å². The Balaban J connectivity index is 1.85. The first kappa shape index (κ1) is 14.6. The Morgan fingerprint density at radius 2 is 1.76 bits per heavy atom. The van der Waals surface area contributed by atoms with Gasteiger partial charge in [-0.2, -0.15) is 0 Å². The molecule has 0 spiro atoms. The summed E-state index contributed by atoms with van der Waals surface area (Å²) < 4.78 is 0. The minimum absolute atomic E-state index is 0.514. The molecule has 0 saturated heterocycles. The second-order valence-electron chi connectivity index (χ2n) is 6.65. The van der Waals surface area contributed by atoms with Gasteiger partial charge in [-0.25, -0.2) is 0 Å². The van der Waals surface area contributed by atoms with Crippen molar-refractivity contribution in [2.45, 2.75) is 51.5 Å². The quantitative estimate of drug-likeness (QED) is 0.818. The lowest BCUT2D eigenvalue weighted by atomic mass is 9.74. The normalized spacial score (nSPS) is 19.0. The summed E-state index contributed by atoms with van der Waals surface area (Å²) in [5.74, 6) is 0. The van der Waals surface area contributed by atoms with Gasteiger partial charge in [0.2, 0.25) is 0 Å². The molecule has 0 bridgehead atoms. The Morgan fingerprint density at radius 1 is 1.05 bits per heavy atom. The molecule has 0 heterocycles. The molecule has 2 aromatic carbocycles. The van der Waals surface area contributed by atoms with Crippen LogP contribution in [0.1, 0.15) is 44.6 Å². The molecule has 112 valence electrons. The van der Waals surface area contributed by atoms with Crippen LogP contribution in [0.3, 0.4) is 0 Å². The Kier molecular flexibility index (Phi) is 4.30. The van der Waals surface area contributed by atoms with Gasteiger partial charge in [0.15, 0.2) is 0 Å². The number of benzene rings is 2. The zero-order valence-corrected chi connectivity index (χ0v) is 13.4. The van der Waals surface area contributed by atoms with E-state index in [0.29, 0.717) is 11.5 Å². The number of fused-ring (bicyclic) bond motifs is 1. The summed E-state index contributed by atoms with van der Waals surface area (Å²) in [4.78, 5) is 0. The highest BCUT2D eigenvalue weighted by molar-refractivity contribution is 5.83. The molecule has 0 amide bonds. The predicted octanol–water partition coefficient (Wildman–Crippen LogP) is 4.94. The van der Waals surface area contributed by atoms with Crippen LogP contribution in [0, 0.1) is 5.41 Å². The highest BCUT2D eigenvalue weighted by atomic mass is 14.9. The van der Waals surface area contributed by atoms with Gasteiger partial charge in [0.1, 0.15) is 0 Å². The molecule has 1 unspecified atom stereocenters. The summed E-state index contributed by atoms with van der Waals surface area (Å²) in [5, 5.41) is 6.34. The number of likely N-dealkylation sites (N-methyl/N-ethyl adjacent to an activating group) is 1. The second kappa shape index (κ2) is 6.19. The van der Waals surface area contributed by atoms with Crippen molar-refractivity contribution in [2.75, 3.05) is 7.05 Å². The average Bonchev–Trinajstić information content (AvgIpc) is 3.02. The van der Waals surface area contributed by atoms with Crippen molar-refractivity contribution in [2.24, 2.45) is 5.41 Å². The van der Waals surface area contributed by atoms with E-state index in [2.05, 4.69) is 61.8 Å². The van der Waals surface area contributed by atoms with Crippen LogP contribution in [-0.4, -0.2) is 13.1 Å². The van der Waals surface area contributed by atoms with Gasteiger partial charge >= 0.3 is 0 Å². The van der Waals surface area contributed by atoms with Crippen LogP contribution in [-0.2, 0) is 6.42 Å². The molecule has 3 rings (SSSR count). The number of hydrogen-bond acceptors (Lipinski definition) is 1. The molecular weight excluding hydrogens is 254 g/mol. The van der Waals surface area contributed by atoms with Gasteiger partial charge in [0.25, 0.3) is 0 Å². The van der Waals surface area contributed by atoms with Gasteiger partial charge in [-0.1, -0.05) is 62.2 Å². The highest BCUT2D eigenvalue weighted by Crippen LogP contribution is 2.44. The molecule has 1 fully saturated rings. The molecule has 1 aliphatic carbocycles. The van der Waals surface area contributed by atoms with Gasteiger partial charge in [-0.3, -0.25) is 0 Å². The monoisotopic (exact) mass is 281 g/mol. The molecular formula is C20H27N. The van der Waals surface area contributed by atoms with E-state index >= 15 is 0 Å². The van der Waals surface area contributed by atoms with E-state index in [9.17, 15) is 0 Å². The first-order valence-corrected chi connectivity index (χ1v) is 8.42. The number of nitrogens with one attached hydrogen (secondary N) is 1. The third-order valence-electron chi connectivity index (χ3n) is 5.64. The van der Waals surface area contributed by atoms with Gasteiger partial charge < -0.3 is 5.32 Å². The van der Waals surface area contributed by atoms with E-state index in [4.69, 9.17) is 0 Å². The summed E-state index contributed by atoms with van der Waals surface area (Å²) in [6, 6.07) is 16.2. The van der Waals surface area contributed by atoms with Crippen molar-refractivity contribution >= 4 is 10.8 Å². The maximum absolute atomic E-state index is 3.63. The van der Waals surface area contributed by atoms with Crippen LogP contribution in [0.4, 0.5) is 0 Å². The molecule has 1 N–H and O–H groups in total. The van der Waals surface area contributed by atoms with Gasteiger partial charge in [0.05, 0.1) is 0 Å². The van der Waals surface area contributed by atoms with Crippen molar-refractivity contribution in [3.63, 3.8) is 0 Å². The molecule has 1 aliphatic rings. The standard InChI is InChI=1S/C20H27N/c1-3-20(12-6-7-13-20)19(21-2)15-16-10-11-17-8-4-5-9-18(17)14-16/h4-5,8-11,14,19,21H,3,6-7,12-13,15H2,1-2H3. The minimum Gasteiger partial charge on any atom is -0.316 e. The lowest BCUT2D eigenvalue weighted by molar-refractivity contribution is 0.192. The summed E-state index contributed by atoms with van der Waals surface area (Å²) in [5.41, 5.74) is 1.98. The van der Waals surface area contributed by atoms with Crippen LogP contribution in [0.15, 0.2) is 42.5 Å². The zero-order valence-electron chi connectivity index (χ0n) is 13.4. The van der Waals surface area contributed by atoms with E-state index in [-0.39, 0.29) is 0 Å². The first-order valence-electron chi connectivity index (χ1n) is 8.42. The molecule has 0 aliphatic heterocycles. The summed E-state index contributed by atoms with van der Waals surface area (Å²) >= 11 is 0. The highest BCUT2D eigenvalue weighted by Gasteiger charge is 2.38. The minimum atomic E-state index is 0.514. The second-order valence-corrected chi connectivity index (χ2v) is 6.65. The van der Waals surface area contributed by atoms with Crippen molar-refractivity contribution in [1.29, 1.82) is 0 Å². The van der Waals surface area contributed by atoms with E-state index in [1.54, 1.807) is 0 Å². The molecule has 0 aromatic heterocycles. The first-order chi connectivity index (χ1) is 10.3. The Hall–Kier alpha value is -1.34. The predicted molar refractivity (Wildman–Crippen MR) is 91.7 cm³/mol. The zero-order chi connectivity index (χ0) is 14.7. The maximum atomic E-state index is 3.63. The largest absolute Gasteiger partial charge is 0.316 e. The number of rotatable bonds is 5. The summed E-state index contributed by atoms with van der Waals surface area (Å²) in [6.07, 6.45) is 8.04. The van der Waals surface area contributed by atoms with Crippen molar-refractivity contribution < 1.29 is 0 Å². The Labute approximate surface area is 128 Å². The van der Waals surface area contributed by atoms with E-state index in [1.807, 2.05) is 0 Å². The van der Waals surface area contributed by atoms with Crippen LogP contribution < -0.4 is 5.32 Å². The average molecular weight is 281 g/mol. The summed E-state index contributed by atoms with van der Waals surface area (Å²) in [7, 11) is 2.14. The van der Waals surface area contributed by atoms with Crippen molar-refractivity contribution in [3.8, 4) is 0 Å². The molecule has 1 saturated carbocycles. The Bertz CT molecular complexity index is 596. The van der Waals surface area contributed by atoms with Crippen molar-refractivity contribution in [1.82, 2.24) is 5.32 Å². The fourth-order valence-corrected chi connectivity index (χ4v) is 4.25. The lowest BCUT2D eigenvalue weighted by Crippen LogP contribution is -2.43. The van der Waals surface area contributed by atoms with Gasteiger partial charge in [-0.15, -0.1) is 0 Å². The topological polar surface area (TPSA) is 12.0 Å². The number of hydrogen-bond donors (Lipinski definition) is 1. The maximum Gasteiger partial charge on any atom is 0.0161 e. The van der Waals surface area contributed by atoms with Crippen LogP contribution >= 0.6 is 0 Å². The molecule has 21 heavy (non-hydrogen) atoms. The fraction of sp³-hybridized carbons (Fsp3) is 0.500. The molecule has 1 nitrogen and oxygen atoms in total. The van der Waals surface area contributed by atoms with E-state index in [1.165, 1.54) is 48.4 Å². The van der Waals surface area contributed by atoms with Crippen LogP contribution in [0.5, 0.6) is 0 Å². The lowest BCUT2D eigenvalue weighted by Gasteiger charge is -2.37. The summed E-state index contributed by atoms with van der Waals surface area (Å²) in [6.45, 7) is 2.37. The smallest absolute Gasteiger partial charge is 0.0161 e. The SMILES string of the molecule is CCC1(C(Cc2ccc3ccccc3c2)NC)CCCC1. The van der Waals surface area contributed by atoms with Gasteiger partial charge in [-0.05, 0) is 54.5 Å². The molecule has 0 radical (unpaired) electrons. The molecule has 2 aromatic rings. The molecule has 1 heteroatoms. The Morgan fingerprint density at radius 3 is 2.43 bits per heavy atom. The third kappa shape index (κ3) is 2.85. The third-order valence-corrected chi connectivity index (χ3v) is 5.64. The van der Waals surface area contributed by atoms with Gasteiger partial charge in [0, 0.05) is 6.04 Å². The fourth-order valence-electron chi connectivity index (χ4n) is 4.25. The molecule has 1 atom stereocenters. The van der Waals surface area contributed by atoms with Crippen LogP contribution in [0.2, 0.25) is 0 Å². The van der Waals surface area contributed by atoms with E-state index < -0.39 is 0 Å². The van der Waals surface area contributed by atoms with Crippen molar-refractivity contribution in [3.05, 3.63) is 48.0 Å². The van der Waals surface area contributed by atoms with Crippen LogP contribution in [0.25, 0.3) is 10.8 Å².